The lowest BCUT2D eigenvalue weighted by Crippen LogP contribution is -2.38. The van der Waals surface area contributed by atoms with E-state index in [0.717, 1.165) is 28.3 Å². The van der Waals surface area contributed by atoms with Gasteiger partial charge in [0.05, 0.1) is 12.2 Å². The number of para-hydroxylation sites is 1. The standard InChI is InChI=1S/C22H28N4O4S/c1-13(2)23-20(28)25-21-24-15-8-9-26(11-17(15)31-21)18(27)12-29-16-7-5-6-14-10-22(3,4)30-19(14)16/h5-7,13H,8-12H2,1-4H3,(H2,23,24,25,28). The van der Waals surface area contributed by atoms with Gasteiger partial charge in [0.15, 0.2) is 23.2 Å². The van der Waals surface area contributed by atoms with Gasteiger partial charge in [0, 0.05) is 35.9 Å². The van der Waals surface area contributed by atoms with E-state index in [1.165, 1.54) is 11.3 Å². The highest BCUT2D eigenvalue weighted by Crippen LogP contribution is 2.41. The zero-order valence-corrected chi connectivity index (χ0v) is 19.1. The average Bonchev–Trinajstić information content (AvgIpc) is 3.22. The third kappa shape index (κ3) is 4.92. The number of urea groups is 1. The Kier molecular flexibility index (Phi) is 5.79. The molecule has 0 aliphatic carbocycles. The smallest absolute Gasteiger partial charge is 0.321 e. The Morgan fingerprint density at radius 2 is 2.16 bits per heavy atom. The zero-order valence-electron chi connectivity index (χ0n) is 18.3. The Bertz CT molecular complexity index is 1000. The van der Waals surface area contributed by atoms with Crippen LogP contribution in [0.3, 0.4) is 0 Å². The Balaban J connectivity index is 1.35. The lowest BCUT2D eigenvalue weighted by atomic mass is 10.0. The monoisotopic (exact) mass is 444 g/mol. The second-order valence-corrected chi connectivity index (χ2v) is 9.86. The van der Waals surface area contributed by atoms with Gasteiger partial charge in [-0.1, -0.05) is 23.5 Å². The second kappa shape index (κ2) is 8.37. The van der Waals surface area contributed by atoms with E-state index in [9.17, 15) is 9.59 Å². The molecule has 0 saturated carbocycles. The van der Waals surface area contributed by atoms with Crippen LogP contribution in [-0.4, -0.2) is 46.6 Å². The molecule has 8 nitrogen and oxygen atoms in total. The van der Waals surface area contributed by atoms with Gasteiger partial charge in [0.1, 0.15) is 5.60 Å². The van der Waals surface area contributed by atoms with Crippen LogP contribution in [0.15, 0.2) is 18.2 Å². The number of amides is 3. The topological polar surface area (TPSA) is 92.8 Å². The number of thiazole rings is 1. The van der Waals surface area contributed by atoms with Gasteiger partial charge in [0.25, 0.3) is 5.91 Å². The van der Waals surface area contributed by atoms with E-state index in [1.807, 2.05) is 45.9 Å². The Hall–Kier alpha value is -2.81. The molecule has 166 valence electrons. The minimum atomic E-state index is -0.275. The number of nitrogens with zero attached hydrogens (tertiary/aromatic N) is 2. The van der Waals surface area contributed by atoms with Crippen molar-refractivity contribution in [1.29, 1.82) is 0 Å². The lowest BCUT2D eigenvalue weighted by Gasteiger charge is -2.26. The lowest BCUT2D eigenvalue weighted by molar-refractivity contribution is -0.134. The molecular weight excluding hydrogens is 416 g/mol. The van der Waals surface area contributed by atoms with Crippen molar-refractivity contribution >= 4 is 28.4 Å². The molecule has 0 atom stereocenters. The minimum Gasteiger partial charge on any atom is -0.483 e. The summed E-state index contributed by atoms with van der Waals surface area (Å²) in [6, 6.07) is 5.57. The molecule has 1 aromatic carbocycles. The number of hydrogen-bond donors (Lipinski definition) is 2. The molecule has 2 aliphatic heterocycles. The van der Waals surface area contributed by atoms with Crippen LogP contribution >= 0.6 is 11.3 Å². The number of carbonyl (C=O) groups is 2. The molecule has 0 saturated heterocycles. The number of nitrogens with one attached hydrogen (secondary N) is 2. The number of carbonyl (C=O) groups excluding carboxylic acids is 2. The first-order valence-corrected chi connectivity index (χ1v) is 11.3. The molecule has 1 aromatic heterocycles. The maximum absolute atomic E-state index is 12.8. The summed E-state index contributed by atoms with van der Waals surface area (Å²) in [6.45, 7) is 8.88. The molecule has 0 bridgehead atoms. The summed E-state index contributed by atoms with van der Waals surface area (Å²) in [4.78, 5) is 31.9. The van der Waals surface area contributed by atoms with Crippen molar-refractivity contribution < 1.29 is 19.1 Å². The van der Waals surface area contributed by atoms with Crippen molar-refractivity contribution in [3.63, 3.8) is 0 Å². The van der Waals surface area contributed by atoms with E-state index < -0.39 is 0 Å². The molecule has 0 fully saturated rings. The quantitative estimate of drug-likeness (QED) is 0.738. The molecule has 0 unspecified atom stereocenters. The van der Waals surface area contributed by atoms with Crippen LogP contribution in [0.4, 0.5) is 9.93 Å². The summed E-state index contributed by atoms with van der Waals surface area (Å²) in [5.41, 5.74) is 1.77. The van der Waals surface area contributed by atoms with Crippen LogP contribution in [-0.2, 0) is 24.2 Å². The molecule has 3 amide bonds. The largest absolute Gasteiger partial charge is 0.483 e. The van der Waals surface area contributed by atoms with Crippen LogP contribution < -0.4 is 20.1 Å². The van der Waals surface area contributed by atoms with E-state index in [1.54, 1.807) is 4.90 Å². The number of aromatic nitrogens is 1. The first-order valence-electron chi connectivity index (χ1n) is 10.5. The van der Waals surface area contributed by atoms with E-state index >= 15 is 0 Å². The van der Waals surface area contributed by atoms with Gasteiger partial charge < -0.3 is 19.7 Å². The number of ether oxygens (including phenoxy) is 2. The summed E-state index contributed by atoms with van der Waals surface area (Å²) in [7, 11) is 0. The molecule has 4 rings (SSSR count). The number of hydrogen-bond acceptors (Lipinski definition) is 6. The van der Waals surface area contributed by atoms with Crippen molar-refractivity contribution in [2.24, 2.45) is 0 Å². The van der Waals surface area contributed by atoms with Crippen molar-refractivity contribution in [3.8, 4) is 11.5 Å². The molecule has 3 heterocycles. The summed E-state index contributed by atoms with van der Waals surface area (Å²) in [6.07, 6.45) is 1.47. The number of rotatable bonds is 5. The predicted molar refractivity (Wildman–Crippen MR) is 119 cm³/mol. The van der Waals surface area contributed by atoms with Crippen LogP contribution in [0.2, 0.25) is 0 Å². The van der Waals surface area contributed by atoms with Crippen molar-refractivity contribution in [3.05, 3.63) is 34.3 Å². The number of benzene rings is 1. The second-order valence-electron chi connectivity index (χ2n) is 8.78. The van der Waals surface area contributed by atoms with Crippen LogP contribution in [0.5, 0.6) is 11.5 Å². The van der Waals surface area contributed by atoms with Gasteiger partial charge in [-0.2, -0.15) is 0 Å². The number of anilines is 1. The maximum Gasteiger partial charge on any atom is 0.321 e. The van der Waals surface area contributed by atoms with Crippen molar-refractivity contribution in [2.75, 3.05) is 18.5 Å². The summed E-state index contributed by atoms with van der Waals surface area (Å²) < 4.78 is 11.9. The highest BCUT2D eigenvalue weighted by Gasteiger charge is 2.32. The summed E-state index contributed by atoms with van der Waals surface area (Å²) in [5.74, 6) is 1.26. The average molecular weight is 445 g/mol. The Labute approximate surface area is 185 Å². The van der Waals surface area contributed by atoms with Gasteiger partial charge in [-0.05, 0) is 33.8 Å². The number of fused-ring (bicyclic) bond motifs is 2. The highest BCUT2D eigenvalue weighted by molar-refractivity contribution is 7.15. The predicted octanol–water partition coefficient (Wildman–Crippen LogP) is 3.35. The Morgan fingerprint density at radius 3 is 2.94 bits per heavy atom. The molecule has 2 aromatic rings. The van der Waals surface area contributed by atoms with Crippen LogP contribution in [0.25, 0.3) is 0 Å². The first-order chi connectivity index (χ1) is 14.7. The molecule has 2 aliphatic rings. The molecule has 31 heavy (non-hydrogen) atoms. The van der Waals surface area contributed by atoms with Gasteiger partial charge >= 0.3 is 6.03 Å². The van der Waals surface area contributed by atoms with Gasteiger partial charge in [0.2, 0.25) is 0 Å². The van der Waals surface area contributed by atoms with E-state index in [0.29, 0.717) is 30.4 Å². The third-order valence-electron chi connectivity index (χ3n) is 5.13. The maximum atomic E-state index is 12.8. The normalized spacial score (nSPS) is 16.4. The van der Waals surface area contributed by atoms with E-state index in [4.69, 9.17) is 9.47 Å². The molecular formula is C22H28N4O4S. The fraction of sp³-hybridized carbons (Fsp3) is 0.500. The third-order valence-corrected chi connectivity index (χ3v) is 6.13. The molecule has 9 heteroatoms. The van der Waals surface area contributed by atoms with Crippen molar-refractivity contribution in [2.45, 2.75) is 58.7 Å². The highest BCUT2D eigenvalue weighted by atomic mass is 32.1. The summed E-state index contributed by atoms with van der Waals surface area (Å²) in [5, 5.41) is 6.10. The van der Waals surface area contributed by atoms with Crippen molar-refractivity contribution in [1.82, 2.24) is 15.2 Å². The Morgan fingerprint density at radius 1 is 1.35 bits per heavy atom. The SMILES string of the molecule is CC(C)NC(=O)Nc1nc2c(s1)CN(C(=O)COc1cccc3c1OC(C)(C)C3)CC2. The molecule has 0 spiro atoms. The van der Waals surface area contributed by atoms with Gasteiger partial charge in [-0.15, -0.1) is 0 Å². The van der Waals surface area contributed by atoms with E-state index in [-0.39, 0.29) is 30.2 Å². The fourth-order valence-electron chi connectivity index (χ4n) is 3.79. The van der Waals surface area contributed by atoms with Gasteiger partial charge in [-0.3, -0.25) is 10.1 Å². The molecule has 0 radical (unpaired) electrons. The molecule has 2 N–H and O–H groups in total. The van der Waals surface area contributed by atoms with Gasteiger partial charge in [-0.25, -0.2) is 9.78 Å². The van der Waals surface area contributed by atoms with Crippen LogP contribution in [0.1, 0.15) is 43.8 Å². The fourth-order valence-corrected chi connectivity index (χ4v) is 4.81. The zero-order chi connectivity index (χ0) is 22.2. The summed E-state index contributed by atoms with van der Waals surface area (Å²) >= 11 is 1.40. The van der Waals surface area contributed by atoms with E-state index in [2.05, 4.69) is 15.6 Å². The minimum absolute atomic E-state index is 0.0454. The first kappa shape index (κ1) is 21.4. The van der Waals surface area contributed by atoms with Crippen LogP contribution in [0, 0.1) is 0 Å².